The number of rotatable bonds is 7. The van der Waals surface area contributed by atoms with Crippen LogP contribution in [-0.4, -0.2) is 32.0 Å². The number of ether oxygens (including phenoxy) is 1. The Morgan fingerprint density at radius 3 is 2.88 bits per heavy atom. The number of nitrogens with zero attached hydrogens (tertiary/aromatic N) is 2. The molecule has 1 unspecified atom stereocenters. The molecule has 0 saturated heterocycles. The van der Waals surface area contributed by atoms with Gasteiger partial charge in [0.1, 0.15) is 5.75 Å². The summed E-state index contributed by atoms with van der Waals surface area (Å²) < 4.78 is 26.1. The fourth-order valence-corrected chi connectivity index (χ4v) is 4.32. The Hall–Kier alpha value is -3.10. The average molecular weight is 468 g/mol. The van der Waals surface area contributed by atoms with Crippen LogP contribution in [0.1, 0.15) is 12.8 Å². The lowest BCUT2D eigenvalue weighted by molar-refractivity contribution is 0.300. The molecule has 0 aliphatic heterocycles. The van der Waals surface area contributed by atoms with Crippen molar-refractivity contribution in [3.8, 4) is 17.0 Å². The van der Waals surface area contributed by atoms with E-state index in [4.69, 9.17) is 21.1 Å². The minimum absolute atomic E-state index is 0.363. The number of nitrogens with one attached hydrogen (secondary N) is 3. The molecule has 0 spiro atoms. The Bertz CT molecular complexity index is 1410. The third kappa shape index (κ3) is 4.28. The smallest absolute Gasteiger partial charge is 0.227 e. The van der Waals surface area contributed by atoms with E-state index in [0.717, 1.165) is 29.3 Å². The highest BCUT2D eigenvalue weighted by Gasteiger charge is 2.23. The van der Waals surface area contributed by atoms with Gasteiger partial charge in [-0.25, -0.2) is 19.0 Å². The van der Waals surface area contributed by atoms with E-state index in [-0.39, 0.29) is 0 Å². The molecule has 3 N–H and O–H groups in total. The first-order chi connectivity index (χ1) is 15.4. The van der Waals surface area contributed by atoms with Gasteiger partial charge < -0.3 is 15.0 Å². The van der Waals surface area contributed by atoms with E-state index in [0.29, 0.717) is 45.5 Å². The van der Waals surface area contributed by atoms with Crippen molar-refractivity contribution in [3.63, 3.8) is 0 Å². The number of H-pyrrole nitrogens is 1. The van der Waals surface area contributed by atoms with Crippen LogP contribution in [0.25, 0.3) is 22.2 Å². The first-order valence-electron chi connectivity index (χ1n) is 10.3. The van der Waals surface area contributed by atoms with Gasteiger partial charge in [-0.2, -0.15) is 0 Å². The van der Waals surface area contributed by atoms with Gasteiger partial charge in [0.25, 0.3) is 0 Å². The van der Waals surface area contributed by atoms with Gasteiger partial charge in [0.15, 0.2) is 0 Å². The lowest BCUT2D eigenvalue weighted by Crippen LogP contribution is -2.05. The Labute approximate surface area is 191 Å². The Kier molecular flexibility index (Phi) is 5.27. The van der Waals surface area contributed by atoms with E-state index >= 15 is 0 Å². The second kappa shape index (κ2) is 8.11. The molecule has 0 radical (unpaired) electrons. The molecule has 1 fully saturated rings. The largest absolute Gasteiger partial charge is 0.491 e. The predicted octanol–water partition coefficient (Wildman–Crippen LogP) is 5.85. The van der Waals surface area contributed by atoms with Crippen LogP contribution >= 0.6 is 11.6 Å². The molecular weight excluding hydrogens is 446 g/mol. The Balaban J connectivity index is 1.50. The quantitative estimate of drug-likeness (QED) is 0.316. The minimum Gasteiger partial charge on any atom is -0.491 e. The van der Waals surface area contributed by atoms with Gasteiger partial charge >= 0.3 is 0 Å². The summed E-state index contributed by atoms with van der Waals surface area (Å²) in [5, 5.41) is 4.67. The number of aromatic nitrogens is 3. The third-order valence-electron chi connectivity index (χ3n) is 5.41. The van der Waals surface area contributed by atoms with Crippen LogP contribution in [0.3, 0.4) is 0 Å². The summed E-state index contributed by atoms with van der Waals surface area (Å²) in [5.41, 5.74) is 3.14. The van der Waals surface area contributed by atoms with E-state index in [1.165, 1.54) is 6.26 Å². The monoisotopic (exact) mass is 467 g/mol. The average Bonchev–Trinajstić information content (AvgIpc) is 3.51. The molecule has 1 atom stereocenters. The van der Waals surface area contributed by atoms with Crippen LogP contribution in [0.4, 0.5) is 11.6 Å². The topological polar surface area (TPSA) is 104 Å². The number of aromatic amines is 1. The SMILES string of the molecule is CS(=N)(=O)c1ccc(Nc2ncc(Cl)c(-c3c[nH]c4ccccc34)n2)c(OCC2CC2)c1. The number of benzene rings is 2. The first-order valence-corrected chi connectivity index (χ1v) is 12.6. The molecule has 0 amide bonds. The molecule has 7 nitrogen and oxygen atoms in total. The normalized spacial score (nSPS) is 15.4. The molecule has 1 aliphatic carbocycles. The van der Waals surface area contributed by atoms with Crippen molar-refractivity contribution in [2.45, 2.75) is 17.7 Å². The number of anilines is 2. The maximum Gasteiger partial charge on any atom is 0.227 e. The van der Waals surface area contributed by atoms with Crippen molar-refractivity contribution in [1.82, 2.24) is 15.0 Å². The maximum atomic E-state index is 12.2. The highest BCUT2D eigenvalue weighted by Crippen LogP contribution is 2.36. The molecular formula is C23H22ClN5O2S. The van der Waals surface area contributed by atoms with Gasteiger partial charge in [0.05, 0.1) is 43.8 Å². The van der Waals surface area contributed by atoms with Crippen LogP contribution in [0.5, 0.6) is 5.75 Å². The van der Waals surface area contributed by atoms with Crippen molar-refractivity contribution in [2.75, 3.05) is 18.2 Å². The number of fused-ring (bicyclic) bond motifs is 1. The van der Waals surface area contributed by atoms with E-state index in [9.17, 15) is 4.21 Å². The van der Waals surface area contributed by atoms with Gasteiger partial charge in [-0.1, -0.05) is 29.8 Å². The van der Waals surface area contributed by atoms with Crippen molar-refractivity contribution in [1.29, 1.82) is 4.78 Å². The zero-order valence-corrected chi connectivity index (χ0v) is 19.0. The van der Waals surface area contributed by atoms with Crippen molar-refractivity contribution in [2.24, 2.45) is 5.92 Å². The van der Waals surface area contributed by atoms with Crippen molar-refractivity contribution >= 4 is 43.9 Å². The number of para-hydroxylation sites is 1. The molecule has 2 aromatic heterocycles. The van der Waals surface area contributed by atoms with E-state index in [1.54, 1.807) is 24.4 Å². The molecule has 1 aliphatic rings. The van der Waals surface area contributed by atoms with E-state index in [1.807, 2.05) is 30.5 Å². The van der Waals surface area contributed by atoms with Crippen LogP contribution in [-0.2, 0) is 9.73 Å². The van der Waals surface area contributed by atoms with Crippen LogP contribution in [0.2, 0.25) is 5.02 Å². The first kappa shape index (κ1) is 20.8. The highest BCUT2D eigenvalue weighted by atomic mass is 35.5. The van der Waals surface area contributed by atoms with Gasteiger partial charge in [-0.05, 0) is 43.0 Å². The number of halogens is 1. The van der Waals surface area contributed by atoms with Crippen LogP contribution < -0.4 is 10.1 Å². The summed E-state index contributed by atoms with van der Waals surface area (Å²) in [6.07, 6.45) is 7.15. The summed E-state index contributed by atoms with van der Waals surface area (Å²) >= 11 is 6.44. The summed E-state index contributed by atoms with van der Waals surface area (Å²) in [7, 11) is -2.86. The molecule has 0 bridgehead atoms. The van der Waals surface area contributed by atoms with Gasteiger partial charge in [0, 0.05) is 28.9 Å². The molecule has 5 rings (SSSR count). The second-order valence-electron chi connectivity index (χ2n) is 8.02. The van der Waals surface area contributed by atoms with Crippen molar-refractivity contribution < 1.29 is 8.95 Å². The van der Waals surface area contributed by atoms with Gasteiger partial charge in [0.2, 0.25) is 5.95 Å². The molecule has 1 saturated carbocycles. The fraction of sp³-hybridized carbons (Fsp3) is 0.217. The van der Waals surface area contributed by atoms with E-state index in [2.05, 4.69) is 20.3 Å². The molecule has 2 heterocycles. The van der Waals surface area contributed by atoms with Gasteiger partial charge in [-0.15, -0.1) is 0 Å². The Morgan fingerprint density at radius 1 is 1.28 bits per heavy atom. The molecule has 4 aromatic rings. The van der Waals surface area contributed by atoms with Crippen molar-refractivity contribution in [3.05, 3.63) is 59.9 Å². The summed E-state index contributed by atoms with van der Waals surface area (Å²) in [5.74, 6) is 1.44. The third-order valence-corrected chi connectivity index (χ3v) is 6.84. The lowest BCUT2D eigenvalue weighted by atomic mass is 10.1. The fourth-order valence-electron chi connectivity index (χ4n) is 3.46. The minimum atomic E-state index is -2.86. The lowest BCUT2D eigenvalue weighted by Gasteiger charge is -2.15. The molecule has 2 aromatic carbocycles. The predicted molar refractivity (Wildman–Crippen MR) is 127 cm³/mol. The van der Waals surface area contributed by atoms with Crippen LogP contribution in [0.15, 0.2) is 59.8 Å². The standard InChI is InChI=1S/C23H22ClN5O2S/c1-32(25,30)15-8-9-20(21(10-15)31-13-14-6-7-14)28-23-27-12-18(24)22(29-23)17-11-26-19-5-3-2-4-16(17)19/h2-5,8-12,14,25-26H,6-7,13H2,1H3,(H,27,28,29). The number of hydrogen-bond donors (Lipinski definition) is 3. The van der Waals surface area contributed by atoms with Crippen LogP contribution in [0, 0.1) is 10.7 Å². The second-order valence-corrected chi connectivity index (χ2v) is 10.6. The Morgan fingerprint density at radius 2 is 2.09 bits per heavy atom. The van der Waals surface area contributed by atoms with Gasteiger partial charge in [-0.3, -0.25) is 0 Å². The maximum absolute atomic E-state index is 12.2. The zero-order chi connectivity index (χ0) is 22.3. The summed E-state index contributed by atoms with van der Waals surface area (Å²) in [6, 6.07) is 13.0. The zero-order valence-electron chi connectivity index (χ0n) is 17.4. The molecule has 9 heteroatoms. The van der Waals surface area contributed by atoms with E-state index < -0.39 is 9.73 Å². The highest BCUT2D eigenvalue weighted by molar-refractivity contribution is 7.91. The molecule has 164 valence electrons. The summed E-state index contributed by atoms with van der Waals surface area (Å²) in [6.45, 7) is 0.586. The number of hydrogen-bond acceptors (Lipinski definition) is 6. The summed E-state index contributed by atoms with van der Waals surface area (Å²) in [4.78, 5) is 12.7. The molecule has 32 heavy (non-hydrogen) atoms.